The summed E-state index contributed by atoms with van der Waals surface area (Å²) in [6.07, 6.45) is -1.12. The Hall–Kier alpha value is -2.48. The van der Waals surface area contributed by atoms with Gasteiger partial charge in [-0.3, -0.25) is 25.2 Å². The van der Waals surface area contributed by atoms with E-state index in [1.54, 1.807) is 31.2 Å². The van der Waals surface area contributed by atoms with Crippen molar-refractivity contribution in [1.29, 1.82) is 0 Å². The van der Waals surface area contributed by atoms with Crippen molar-refractivity contribution in [1.82, 2.24) is 10.9 Å². The summed E-state index contributed by atoms with van der Waals surface area (Å²) in [5.74, 6) is -1.19. The van der Waals surface area contributed by atoms with Crippen LogP contribution in [-0.2, 0) is 14.4 Å². The zero-order valence-electron chi connectivity index (χ0n) is 16.2. The predicted molar refractivity (Wildman–Crippen MR) is 117 cm³/mol. The third-order valence-corrected chi connectivity index (χ3v) is 4.95. The molecule has 1 unspecified atom stereocenters. The van der Waals surface area contributed by atoms with Crippen molar-refractivity contribution in [3.05, 3.63) is 57.0 Å². The highest BCUT2D eigenvalue weighted by atomic mass is 35.5. The van der Waals surface area contributed by atoms with Gasteiger partial charge in [0.25, 0.3) is 5.91 Å². The summed E-state index contributed by atoms with van der Waals surface area (Å²) in [7, 11) is 0. The van der Waals surface area contributed by atoms with Crippen LogP contribution in [0.25, 0.3) is 0 Å². The Balaban J connectivity index is 1.74. The molecule has 160 valence electrons. The standard InChI is InChI=1S/C20H20Cl3N3O4/c1-11-14(22)4-3-5-16(11)24-18(27)8-9-19(28)25-26-20(29)12(2)30-17-7-6-13(21)10-15(17)23/h3-7,10,12H,8-9H2,1-2H3,(H,24,27)(H,25,28)(H,26,29). The molecule has 3 amide bonds. The molecule has 2 aromatic rings. The molecule has 0 heterocycles. The zero-order valence-corrected chi connectivity index (χ0v) is 18.5. The Morgan fingerprint density at radius 2 is 1.67 bits per heavy atom. The van der Waals surface area contributed by atoms with Crippen LogP contribution in [0.2, 0.25) is 15.1 Å². The minimum absolute atomic E-state index is 0.0694. The molecular formula is C20H20Cl3N3O4. The van der Waals surface area contributed by atoms with Crippen LogP contribution in [0.5, 0.6) is 5.75 Å². The maximum Gasteiger partial charge on any atom is 0.279 e. The second-order valence-electron chi connectivity index (χ2n) is 6.33. The van der Waals surface area contributed by atoms with Crippen LogP contribution in [-0.4, -0.2) is 23.8 Å². The summed E-state index contributed by atoms with van der Waals surface area (Å²) in [6, 6.07) is 9.74. The van der Waals surface area contributed by atoms with E-state index in [0.29, 0.717) is 15.7 Å². The van der Waals surface area contributed by atoms with Crippen LogP contribution >= 0.6 is 34.8 Å². The number of amides is 3. The number of hydrogen-bond donors (Lipinski definition) is 3. The second kappa shape index (κ2) is 11.1. The Labute approximate surface area is 189 Å². The maximum absolute atomic E-state index is 12.1. The molecule has 0 aromatic heterocycles. The number of rotatable bonds is 7. The Morgan fingerprint density at radius 3 is 2.37 bits per heavy atom. The fraction of sp³-hybridized carbons (Fsp3) is 0.250. The summed E-state index contributed by atoms with van der Waals surface area (Å²) in [5, 5.41) is 3.92. The maximum atomic E-state index is 12.1. The van der Waals surface area contributed by atoms with Gasteiger partial charge in [0.15, 0.2) is 6.10 Å². The number of carbonyl (C=O) groups excluding carboxylic acids is 3. The molecule has 0 aliphatic carbocycles. The average molecular weight is 473 g/mol. The summed E-state index contributed by atoms with van der Waals surface area (Å²) >= 11 is 17.8. The Kier molecular flexibility index (Phi) is 8.77. The monoisotopic (exact) mass is 471 g/mol. The van der Waals surface area contributed by atoms with Crippen molar-refractivity contribution in [2.24, 2.45) is 0 Å². The third kappa shape index (κ3) is 7.09. The minimum atomic E-state index is -0.932. The van der Waals surface area contributed by atoms with Gasteiger partial charge in [-0.05, 0) is 49.7 Å². The number of benzene rings is 2. The smallest absolute Gasteiger partial charge is 0.279 e. The molecule has 3 N–H and O–H groups in total. The Morgan fingerprint density at radius 1 is 0.967 bits per heavy atom. The molecule has 0 aliphatic rings. The molecular weight excluding hydrogens is 453 g/mol. The van der Waals surface area contributed by atoms with Gasteiger partial charge in [-0.25, -0.2) is 0 Å². The number of ether oxygens (including phenoxy) is 1. The predicted octanol–water partition coefficient (Wildman–Crippen LogP) is 4.29. The number of nitrogens with one attached hydrogen (secondary N) is 3. The van der Waals surface area contributed by atoms with Crippen LogP contribution in [0.4, 0.5) is 5.69 Å². The van der Waals surface area contributed by atoms with Gasteiger partial charge in [-0.1, -0.05) is 40.9 Å². The normalized spacial score (nSPS) is 11.4. The van der Waals surface area contributed by atoms with Gasteiger partial charge < -0.3 is 10.1 Å². The third-order valence-electron chi connectivity index (χ3n) is 4.01. The highest BCUT2D eigenvalue weighted by molar-refractivity contribution is 6.35. The van der Waals surface area contributed by atoms with E-state index in [1.807, 2.05) is 0 Å². The molecule has 0 radical (unpaired) electrons. The quantitative estimate of drug-likeness (QED) is 0.524. The van der Waals surface area contributed by atoms with Gasteiger partial charge in [0, 0.05) is 28.6 Å². The molecule has 0 fully saturated rings. The van der Waals surface area contributed by atoms with Crippen LogP contribution < -0.4 is 20.9 Å². The highest BCUT2D eigenvalue weighted by Gasteiger charge is 2.17. The number of anilines is 1. The lowest BCUT2D eigenvalue weighted by molar-refractivity contribution is -0.133. The molecule has 30 heavy (non-hydrogen) atoms. The summed E-state index contributed by atoms with van der Waals surface area (Å²) in [5.41, 5.74) is 5.79. The number of hydrogen-bond acceptors (Lipinski definition) is 4. The van der Waals surface area contributed by atoms with Gasteiger partial charge in [-0.15, -0.1) is 0 Å². The first-order valence-electron chi connectivity index (χ1n) is 8.92. The molecule has 0 saturated carbocycles. The number of halogens is 3. The molecule has 2 rings (SSSR count). The lowest BCUT2D eigenvalue weighted by Crippen LogP contribution is -2.47. The Bertz CT molecular complexity index is 953. The molecule has 0 spiro atoms. The first kappa shape index (κ1) is 23.8. The van der Waals surface area contributed by atoms with E-state index in [0.717, 1.165) is 5.56 Å². The lowest BCUT2D eigenvalue weighted by atomic mass is 10.2. The van der Waals surface area contributed by atoms with Crippen molar-refractivity contribution in [3.8, 4) is 5.75 Å². The molecule has 2 aromatic carbocycles. The SMILES string of the molecule is Cc1c(Cl)cccc1NC(=O)CCC(=O)NNC(=O)C(C)Oc1ccc(Cl)cc1Cl. The van der Waals surface area contributed by atoms with Gasteiger partial charge >= 0.3 is 0 Å². The fourth-order valence-corrected chi connectivity index (χ4v) is 2.92. The van der Waals surface area contributed by atoms with Crippen molar-refractivity contribution in [2.45, 2.75) is 32.8 Å². The van der Waals surface area contributed by atoms with E-state index >= 15 is 0 Å². The van der Waals surface area contributed by atoms with E-state index in [2.05, 4.69) is 16.2 Å². The van der Waals surface area contributed by atoms with Gasteiger partial charge in [0.05, 0.1) is 5.02 Å². The zero-order chi connectivity index (χ0) is 22.3. The van der Waals surface area contributed by atoms with Crippen molar-refractivity contribution >= 4 is 58.2 Å². The van der Waals surface area contributed by atoms with Crippen LogP contribution in [0, 0.1) is 6.92 Å². The fourth-order valence-electron chi connectivity index (χ4n) is 2.29. The van der Waals surface area contributed by atoms with Gasteiger partial charge in [-0.2, -0.15) is 0 Å². The minimum Gasteiger partial charge on any atom is -0.479 e. The van der Waals surface area contributed by atoms with Crippen LogP contribution in [0.15, 0.2) is 36.4 Å². The van der Waals surface area contributed by atoms with Gasteiger partial charge in [0.2, 0.25) is 11.8 Å². The molecule has 1 atom stereocenters. The largest absolute Gasteiger partial charge is 0.479 e. The summed E-state index contributed by atoms with van der Waals surface area (Å²) < 4.78 is 5.45. The summed E-state index contributed by atoms with van der Waals surface area (Å²) in [4.78, 5) is 36.0. The molecule has 0 saturated heterocycles. The lowest BCUT2D eigenvalue weighted by Gasteiger charge is -2.16. The van der Waals surface area contributed by atoms with E-state index in [9.17, 15) is 14.4 Å². The van der Waals surface area contributed by atoms with E-state index < -0.39 is 17.9 Å². The average Bonchev–Trinajstić information content (AvgIpc) is 2.70. The topological polar surface area (TPSA) is 96.5 Å². The first-order chi connectivity index (χ1) is 14.2. The second-order valence-corrected chi connectivity index (χ2v) is 7.58. The van der Waals surface area contributed by atoms with Crippen molar-refractivity contribution < 1.29 is 19.1 Å². The van der Waals surface area contributed by atoms with Gasteiger partial charge in [0.1, 0.15) is 5.75 Å². The molecule has 7 nitrogen and oxygen atoms in total. The molecule has 0 bridgehead atoms. The van der Waals surface area contributed by atoms with E-state index in [1.165, 1.54) is 19.1 Å². The number of hydrazine groups is 1. The van der Waals surface area contributed by atoms with E-state index in [4.69, 9.17) is 39.5 Å². The van der Waals surface area contributed by atoms with E-state index in [-0.39, 0.29) is 29.5 Å². The van der Waals surface area contributed by atoms with Crippen LogP contribution in [0.3, 0.4) is 0 Å². The van der Waals surface area contributed by atoms with Crippen LogP contribution in [0.1, 0.15) is 25.3 Å². The van der Waals surface area contributed by atoms with Crippen molar-refractivity contribution in [2.75, 3.05) is 5.32 Å². The number of carbonyl (C=O) groups is 3. The molecule has 10 heteroatoms. The van der Waals surface area contributed by atoms with Crippen molar-refractivity contribution in [3.63, 3.8) is 0 Å². The first-order valence-corrected chi connectivity index (χ1v) is 10.1. The molecule has 0 aliphatic heterocycles. The summed E-state index contributed by atoms with van der Waals surface area (Å²) in [6.45, 7) is 3.27. The highest BCUT2D eigenvalue weighted by Crippen LogP contribution is 2.28.